The summed E-state index contributed by atoms with van der Waals surface area (Å²) in [5.41, 5.74) is 6.67. The van der Waals surface area contributed by atoms with E-state index in [1.54, 1.807) is 0 Å². The Bertz CT molecular complexity index is 312. The minimum Gasteiger partial charge on any atom is -0.376 e. The lowest BCUT2D eigenvalue weighted by molar-refractivity contribution is -0.152. The Hall–Kier alpha value is -0.120. The van der Waals surface area contributed by atoms with Crippen LogP contribution in [0.4, 0.5) is 0 Å². The highest BCUT2D eigenvalue weighted by Gasteiger charge is 2.39. The minimum atomic E-state index is -0.0610. The van der Waals surface area contributed by atoms with Crippen molar-refractivity contribution in [3.8, 4) is 0 Å². The fourth-order valence-electron chi connectivity index (χ4n) is 4.53. The molecule has 2 saturated carbocycles. The normalized spacial score (nSPS) is 32.7. The summed E-state index contributed by atoms with van der Waals surface area (Å²) in [5.74, 6) is 0. The van der Waals surface area contributed by atoms with Crippen LogP contribution in [0.25, 0.3) is 0 Å². The van der Waals surface area contributed by atoms with Gasteiger partial charge in [0.1, 0.15) is 0 Å². The summed E-state index contributed by atoms with van der Waals surface area (Å²) in [4.78, 5) is 0. The van der Waals surface area contributed by atoms with E-state index in [9.17, 15) is 0 Å². The van der Waals surface area contributed by atoms with Gasteiger partial charge in [0.25, 0.3) is 0 Å². The van der Waals surface area contributed by atoms with E-state index in [1.807, 2.05) is 0 Å². The highest BCUT2D eigenvalue weighted by Crippen LogP contribution is 2.39. The summed E-state index contributed by atoms with van der Waals surface area (Å²) >= 11 is 0. The second-order valence-electron chi connectivity index (χ2n) is 7.79. The first kappa shape index (κ1) is 15.8. The maximum absolute atomic E-state index is 6.59. The van der Waals surface area contributed by atoms with Crippen molar-refractivity contribution in [2.75, 3.05) is 13.2 Å². The van der Waals surface area contributed by atoms with E-state index in [0.29, 0.717) is 6.10 Å². The molecule has 1 aliphatic heterocycles. The van der Waals surface area contributed by atoms with Crippen molar-refractivity contribution in [1.82, 2.24) is 0 Å². The molecule has 1 heterocycles. The van der Waals surface area contributed by atoms with E-state index in [4.69, 9.17) is 15.2 Å². The predicted octanol–water partition coefficient (Wildman–Crippen LogP) is 3.94. The van der Waals surface area contributed by atoms with Gasteiger partial charge in [-0.25, -0.2) is 0 Å². The first-order chi connectivity index (χ1) is 10.2. The van der Waals surface area contributed by atoms with Gasteiger partial charge < -0.3 is 15.2 Å². The molecule has 3 heteroatoms. The van der Waals surface area contributed by atoms with Crippen LogP contribution in [0.15, 0.2) is 0 Å². The molecule has 0 radical (unpaired) electrons. The van der Waals surface area contributed by atoms with Gasteiger partial charge in [0.2, 0.25) is 0 Å². The Balaban J connectivity index is 1.50. The van der Waals surface area contributed by atoms with Gasteiger partial charge in [-0.3, -0.25) is 0 Å². The molecule has 0 aromatic carbocycles. The summed E-state index contributed by atoms with van der Waals surface area (Å²) < 4.78 is 12.5. The van der Waals surface area contributed by atoms with E-state index in [2.05, 4.69) is 0 Å². The van der Waals surface area contributed by atoms with Crippen LogP contribution in [-0.2, 0) is 9.47 Å². The van der Waals surface area contributed by atoms with Gasteiger partial charge in [0.15, 0.2) is 0 Å². The van der Waals surface area contributed by atoms with Crippen LogP contribution < -0.4 is 5.73 Å². The zero-order chi connectivity index (χ0) is 14.6. The minimum absolute atomic E-state index is 0.0610. The lowest BCUT2D eigenvalue weighted by Crippen LogP contribution is -2.48. The van der Waals surface area contributed by atoms with Crippen molar-refractivity contribution in [3.63, 3.8) is 0 Å². The molecule has 1 unspecified atom stereocenters. The van der Waals surface area contributed by atoms with Crippen LogP contribution in [0, 0.1) is 0 Å². The maximum Gasteiger partial charge on any atom is 0.0707 e. The van der Waals surface area contributed by atoms with Gasteiger partial charge in [-0.05, 0) is 32.1 Å². The fraction of sp³-hybridized carbons (Fsp3) is 1.00. The predicted molar refractivity (Wildman–Crippen MR) is 85.4 cm³/mol. The number of hydrogen-bond donors (Lipinski definition) is 1. The standard InChI is InChI=1S/C18H33NO2/c19-17(9-4-1-2-5-10-17)15-20-16-8-13-21-18(14-16)11-6-3-7-12-18/h16H,1-15,19H2. The highest BCUT2D eigenvalue weighted by atomic mass is 16.5. The second-order valence-corrected chi connectivity index (χ2v) is 7.79. The van der Waals surface area contributed by atoms with Crippen molar-refractivity contribution in [1.29, 1.82) is 0 Å². The smallest absolute Gasteiger partial charge is 0.0707 e. The maximum atomic E-state index is 6.59. The molecule has 0 bridgehead atoms. The Labute approximate surface area is 129 Å². The summed E-state index contributed by atoms with van der Waals surface area (Å²) in [6.07, 6.45) is 16.6. The molecule has 3 nitrogen and oxygen atoms in total. The number of hydrogen-bond acceptors (Lipinski definition) is 3. The topological polar surface area (TPSA) is 44.5 Å². The van der Waals surface area contributed by atoms with Gasteiger partial charge in [-0.15, -0.1) is 0 Å². The SMILES string of the molecule is NC1(COC2CCOC3(CCCCC3)C2)CCCCCC1. The van der Waals surface area contributed by atoms with Crippen molar-refractivity contribution < 1.29 is 9.47 Å². The van der Waals surface area contributed by atoms with Crippen LogP contribution in [0.2, 0.25) is 0 Å². The largest absolute Gasteiger partial charge is 0.376 e. The molecule has 122 valence electrons. The molecular weight excluding hydrogens is 262 g/mol. The second kappa shape index (κ2) is 6.97. The van der Waals surface area contributed by atoms with Gasteiger partial charge in [0.05, 0.1) is 18.3 Å². The molecule has 0 aromatic rings. The van der Waals surface area contributed by atoms with Crippen LogP contribution in [0.1, 0.15) is 83.5 Å². The van der Waals surface area contributed by atoms with E-state index in [1.165, 1.54) is 57.8 Å². The third kappa shape index (κ3) is 4.20. The Morgan fingerprint density at radius 2 is 1.52 bits per heavy atom. The monoisotopic (exact) mass is 295 g/mol. The van der Waals surface area contributed by atoms with Crippen LogP contribution in [-0.4, -0.2) is 30.5 Å². The molecule has 0 aromatic heterocycles. The molecule has 1 atom stereocenters. The van der Waals surface area contributed by atoms with Crippen molar-refractivity contribution >= 4 is 0 Å². The van der Waals surface area contributed by atoms with Gasteiger partial charge in [-0.1, -0.05) is 44.9 Å². The molecule has 2 aliphatic carbocycles. The molecule has 3 aliphatic rings. The zero-order valence-corrected chi connectivity index (χ0v) is 13.6. The van der Waals surface area contributed by atoms with E-state index < -0.39 is 0 Å². The van der Waals surface area contributed by atoms with Crippen LogP contribution in [0.3, 0.4) is 0 Å². The third-order valence-electron chi connectivity index (χ3n) is 5.92. The van der Waals surface area contributed by atoms with Crippen molar-refractivity contribution in [2.24, 2.45) is 5.73 Å². The quantitative estimate of drug-likeness (QED) is 0.802. The summed E-state index contributed by atoms with van der Waals surface area (Å²) in [6.45, 7) is 1.63. The highest BCUT2D eigenvalue weighted by molar-refractivity contribution is 4.91. The van der Waals surface area contributed by atoms with Crippen molar-refractivity contribution in [2.45, 2.75) is 101 Å². The average Bonchev–Trinajstić information content (AvgIpc) is 2.72. The third-order valence-corrected chi connectivity index (χ3v) is 5.92. The average molecular weight is 295 g/mol. The van der Waals surface area contributed by atoms with Gasteiger partial charge >= 0.3 is 0 Å². The Kier molecular flexibility index (Phi) is 5.23. The zero-order valence-electron chi connectivity index (χ0n) is 13.6. The Morgan fingerprint density at radius 1 is 0.905 bits per heavy atom. The van der Waals surface area contributed by atoms with Crippen LogP contribution in [0.5, 0.6) is 0 Å². The molecule has 1 spiro atoms. The molecule has 3 rings (SSSR count). The molecule has 3 fully saturated rings. The number of rotatable bonds is 3. The van der Waals surface area contributed by atoms with E-state index >= 15 is 0 Å². The molecule has 1 saturated heterocycles. The lowest BCUT2D eigenvalue weighted by Gasteiger charge is -2.44. The van der Waals surface area contributed by atoms with E-state index in [-0.39, 0.29) is 11.1 Å². The lowest BCUT2D eigenvalue weighted by atomic mass is 9.79. The molecule has 2 N–H and O–H groups in total. The summed E-state index contributed by atoms with van der Waals surface area (Å²) in [6, 6.07) is 0. The Morgan fingerprint density at radius 3 is 2.24 bits per heavy atom. The van der Waals surface area contributed by atoms with Crippen molar-refractivity contribution in [3.05, 3.63) is 0 Å². The number of ether oxygens (including phenoxy) is 2. The summed E-state index contributed by atoms with van der Waals surface area (Å²) in [5, 5.41) is 0. The van der Waals surface area contributed by atoms with Gasteiger partial charge in [-0.2, -0.15) is 0 Å². The molecule has 0 amide bonds. The molecule has 21 heavy (non-hydrogen) atoms. The first-order valence-corrected chi connectivity index (χ1v) is 9.24. The summed E-state index contributed by atoms with van der Waals surface area (Å²) in [7, 11) is 0. The molecular formula is C18H33NO2. The van der Waals surface area contributed by atoms with Crippen LogP contribution >= 0.6 is 0 Å². The fourth-order valence-corrected chi connectivity index (χ4v) is 4.53. The van der Waals surface area contributed by atoms with Gasteiger partial charge in [0, 0.05) is 18.6 Å². The van der Waals surface area contributed by atoms with E-state index in [0.717, 1.165) is 38.9 Å². The first-order valence-electron chi connectivity index (χ1n) is 9.24. The number of nitrogens with two attached hydrogens (primary N) is 1.